The molecule has 0 heterocycles. The van der Waals surface area contributed by atoms with Gasteiger partial charge in [0.05, 0.1) is 6.04 Å². The Balaban J connectivity index is 2.14. The number of ketones is 1. The fourth-order valence-corrected chi connectivity index (χ4v) is 2.06. The van der Waals surface area contributed by atoms with Crippen LogP contribution in [0.15, 0.2) is 60.7 Å². The Morgan fingerprint density at radius 2 is 1.45 bits per heavy atom. The molecule has 0 aliphatic heterocycles. The van der Waals surface area contributed by atoms with Gasteiger partial charge in [-0.15, -0.1) is 0 Å². The van der Waals surface area contributed by atoms with Gasteiger partial charge in [-0.3, -0.25) is 9.59 Å². The number of rotatable bonds is 6. The van der Waals surface area contributed by atoms with Crippen molar-refractivity contribution in [1.29, 1.82) is 0 Å². The van der Waals surface area contributed by atoms with Gasteiger partial charge in [0.2, 0.25) is 5.78 Å². The molecule has 0 fully saturated rings. The molecule has 0 aliphatic rings. The molecule has 2 aromatic rings. The molecule has 0 unspecified atom stereocenters. The van der Waals surface area contributed by atoms with Crippen molar-refractivity contribution in [2.24, 2.45) is 0 Å². The summed E-state index contributed by atoms with van der Waals surface area (Å²) < 4.78 is 25.5. The summed E-state index contributed by atoms with van der Waals surface area (Å²) in [6.07, 6.45) is -3.09. The molecule has 3 nitrogen and oxygen atoms in total. The summed E-state index contributed by atoms with van der Waals surface area (Å²) in [6.45, 7) is 0. The highest BCUT2D eigenvalue weighted by Gasteiger charge is 2.28. The van der Waals surface area contributed by atoms with Crippen molar-refractivity contribution in [3.8, 4) is 0 Å². The predicted octanol–water partition coefficient (Wildman–Crippen LogP) is 2.86. The van der Waals surface area contributed by atoms with Crippen molar-refractivity contribution in [3.63, 3.8) is 0 Å². The normalized spacial score (nSPS) is 12.0. The van der Waals surface area contributed by atoms with E-state index in [4.69, 9.17) is 0 Å². The molecule has 0 saturated carbocycles. The molecule has 1 atom stereocenters. The van der Waals surface area contributed by atoms with Gasteiger partial charge in [0.1, 0.15) is 0 Å². The number of carbonyl (C=O) groups is 2. The lowest BCUT2D eigenvalue weighted by molar-refractivity contribution is -0.131. The van der Waals surface area contributed by atoms with E-state index in [-0.39, 0.29) is 6.42 Å². The van der Waals surface area contributed by atoms with Crippen molar-refractivity contribution < 1.29 is 18.4 Å². The number of alkyl halides is 2. The molecule has 0 bridgehead atoms. The topological polar surface area (TPSA) is 46.2 Å². The minimum Gasteiger partial charge on any atom is -0.342 e. The molecule has 0 aliphatic carbocycles. The predicted molar refractivity (Wildman–Crippen MR) is 78.9 cm³/mol. The summed E-state index contributed by atoms with van der Waals surface area (Å²) in [7, 11) is 0. The Hall–Kier alpha value is -2.56. The Labute approximate surface area is 127 Å². The minimum atomic E-state index is -3.12. The van der Waals surface area contributed by atoms with Crippen LogP contribution in [0.2, 0.25) is 0 Å². The van der Waals surface area contributed by atoms with Gasteiger partial charge in [0.25, 0.3) is 12.3 Å². The van der Waals surface area contributed by atoms with Crippen molar-refractivity contribution in [2.75, 3.05) is 0 Å². The minimum absolute atomic E-state index is 0.0303. The molecule has 2 rings (SSSR count). The molecule has 2 aromatic carbocycles. The highest BCUT2D eigenvalue weighted by molar-refractivity contribution is 5.98. The number of benzene rings is 2. The van der Waals surface area contributed by atoms with Crippen LogP contribution in [-0.2, 0) is 11.2 Å². The second kappa shape index (κ2) is 7.45. The molecule has 0 spiro atoms. The zero-order chi connectivity index (χ0) is 15.9. The SMILES string of the molecule is O=C(N[C@@H](Cc1ccccc1)C(=O)C(F)F)c1ccccc1. The van der Waals surface area contributed by atoms with Crippen LogP contribution >= 0.6 is 0 Å². The van der Waals surface area contributed by atoms with Gasteiger partial charge in [-0.1, -0.05) is 48.5 Å². The van der Waals surface area contributed by atoms with E-state index < -0.39 is 24.2 Å². The molecule has 114 valence electrons. The van der Waals surface area contributed by atoms with E-state index in [1.807, 2.05) is 0 Å². The number of carbonyl (C=O) groups excluding carboxylic acids is 2. The molecular formula is C17H15F2NO2. The van der Waals surface area contributed by atoms with Crippen LogP contribution in [0.3, 0.4) is 0 Å². The molecular weight excluding hydrogens is 288 g/mol. The second-order valence-electron chi connectivity index (χ2n) is 4.78. The van der Waals surface area contributed by atoms with Gasteiger partial charge < -0.3 is 5.32 Å². The summed E-state index contributed by atoms with van der Waals surface area (Å²) in [6, 6.07) is 15.7. The van der Waals surface area contributed by atoms with E-state index in [0.717, 1.165) is 0 Å². The van der Waals surface area contributed by atoms with E-state index in [1.54, 1.807) is 60.7 Å². The fourth-order valence-electron chi connectivity index (χ4n) is 2.06. The van der Waals surface area contributed by atoms with Gasteiger partial charge in [-0.2, -0.15) is 0 Å². The maximum Gasteiger partial charge on any atom is 0.298 e. The van der Waals surface area contributed by atoms with Gasteiger partial charge in [0.15, 0.2) is 0 Å². The highest BCUT2D eigenvalue weighted by atomic mass is 19.3. The van der Waals surface area contributed by atoms with Crippen molar-refractivity contribution in [2.45, 2.75) is 18.9 Å². The first kappa shape index (κ1) is 15.8. The van der Waals surface area contributed by atoms with E-state index >= 15 is 0 Å². The maximum atomic E-state index is 12.7. The monoisotopic (exact) mass is 303 g/mol. The van der Waals surface area contributed by atoms with Gasteiger partial charge in [-0.05, 0) is 24.1 Å². The third-order valence-electron chi connectivity index (χ3n) is 3.18. The van der Waals surface area contributed by atoms with Crippen LogP contribution < -0.4 is 5.32 Å². The Bertz CT molecular complexity index is 630. The van der Waals surface area contributed by atoms with Crippen LogP contribution in [-0.4, -0.2) is 24.2 Å². The van der Waals surface area contributed by atoms with Gasteiger partial charge >= 0.3 is 0 Å². The molecule has 22 heavy (non-hydrogen) atoms. The summed E-state index contributed by atoms with van der Waals surface area (Å²) >= 11 is 0. The van der Waals surface area contributed by atoms with E-state index in [0.29, 0.717) is 11.1 Å². The Kier molecular flexibility index (Phi) is 5.36. The quantitative estimate of drug-likeness (QED) is 0.892. The summed E-state index contributed by atoms with van der Waals surface area (Å²) in [4.78, 5) is 23.7. The average molecular weight is 303 g/mol. The lowest BCUT2D eigenvalue weighted by Crippen LogP contribution is -2.45. The number of amides is 1. The largest absolute Gasteiger partial charge is 0.342 e. The Morgan fingerprint density at radius 3 is 2.00 bits per heavy atom. The third kappa shape index (κ3) is 4.22. The molecule has 0 saturated heterocycles. The van der Waals surface area contributed by atoms with E-state index in [9.17, 15) is 18.4 Å². The zero-order valence-electron chi connectivity index (χ0n) is 11.7. The molecule has 1 N–H and O–H groups in total. The number of hydrogen-bond donors (Lipinski definition) is 1. The highest BCUT2D eigenvalue weighted by Crippen LogP contribution is 2.09. The number of hydrogen-bond acceptors (Lipinski definition) is 2. The van der Waals surface area contributed by atoms with E-state index in [2.05, 4.69) is 5.32 Å². The summed E-state index contributed by atoms with van der Waals surface area (Å²) in [5.41, 5.74) is 1.03. The summed E-state index contributed by atoms with van der Waals surface area (Å²) in [5.74, 6) is -1.83. The van der Waals surface area contributed by atoms with Crippen LogP contribution in [0.1, 0.15) is 15.9 Å². The number of Topliss-reactive ketones (excluding diaryl/α,β-unsaturated/α-hetero) is 1. The smallest absolute Gasteiger partial charge is 0.298 e. The van der Waals surface area contributed by atoms with Crippen LogP contribution in [0.4, 0.5) is 8.78 Å². The summed E-state index contributed by atoms with van der Waals surface area (Å²) in [5, 5.41) is 2.39. The van der Waals surface area contributed by atoms with Crippen molar-refractivity contribution in [3.05, 3.63) is 71.8 Å². The van der Waals surface area contributed by atoms with Crippen LogP contribution in [0.5, 0.6) is 0 Å². The van der Waals surface area contributed by atoms with Crippen LogP contribution in [0, 0.1) is 0 Å². The third-order valence-corrected chi connectivity index (χ3v) is 3.18. The molecule has 0 radical (unpaired) electrons. The Morgan fingerprint density at radius 1 is 0.909 bits per heavy atom. The average Bonchev–Trinajstić information content (AvgIpc) is 2.55. The van der Waals surface area contributed by atoms with Crippen molar-refractivity contribution >= 4 is 11.7 Å². The van der Waals surface area contributed by atoms with Crippen LogP contribution in [0.25, 0.3) is 0 Å². The lowest BCUT2D eigenvalue weighted by atomic mass is 10.0. The molecule has 5 heteroatoms. The first-order valence-corrected chi connectivity index (χ1v) is 6.79. The van der Waals surface area contributed by atoms with Gasteiger partial charge in [0, 0.05) is 5.56 Å². The first-order chi connectivity index (χ1) is 10.6. The number of halogens is 2. The maximum absolute atomic E-state index is 12.7. The first-order valence-electron chi connectivity index (χ1n) is 6.79. The van der Waals surface area contributed by atoms with E-state index in [1.165, 1.54) is 0 Å². The van der Waals surface area contributed by atoms with Crippen molar-refractivity contribution in [1.82, 2.24) is 5.32 Å². The molecule has 1 amide bonds. The lowest BCUT2D eigenvalue weighted by Gasteiger charge is -2.17. The zero-order valence-corrected chi connectivity index (χ0v) is 11.7. The second-order valence-corrected chi connectivity index (χ2v) is 4.78. The number of nitrogens with one attached hydrogen (secondary N) is 1. The molecule has 0 aromatic heterocycles. The fraction of sp³-hybridized carbons (Fsp3) is 0.176. The standard InChI is InChI=1S/C17H15F2NO2/c18-16(19)15(21)14(11-12-7-3-1-4-8-12)20-17(22)13-9-5-2-6-10-13/h1-10,14,16H,11H2,(H,20,22)/t14-/m0/s1. The van der Waals surface area contributed by atoms with Gasteiger partial charge in [-0.25, -0.2) is 8.78 Å².